The van der Waals surface area contributed by atoms with Gasteiger partial charge in [-0.05, 0) is 29.6 Å². The Labute approximate surface area is 127 Å². The molecule has 20 heavy (non-hydrogen) atoms. The molecule has 7 heteroatoms. The third kappa shape index (κ3) is 3.15. The van der Waals surface area contributed by atoms with Gasteiger partial charge in [-0.3, -0.25) is 0 Å². The smallest absolute Gasteiger partial charge is 0.244 e. The Morgan fingerprint density at radius 1 is 1.35 bits per heavy atom. The number of anilines is 1. The number of halogens is 1. The summed E-state index contributed by atoms with van der Waals surface area (Å²) in [6.45, 7) is 2.52. The van der Waals surface area contributed by atoms with Crippen LogP contribution in [0.2, 0.25) is 5.02 Å². The summed E-state index contributed by atoms with van der Waals surface area (Å²) < 4.78 is 26.7. The van der Waals surface area contributed by atoms with E-state index in [4.69, 9.17) is 17.3 Å². The van der Waals surface area contributed by atoms with Crippen LogP contribution >= 0.6 is 22.9 Å². The lowest BCUT2D eigenvalue weighted by molar-refractivity contribution is 0.426. The predicted molar refractivity (Wildman–Crippen MR) is 83.5 cm³/mol. The molecular formula is C13H15ClN2O2S2. The Morgan fingerprint density at radius 2 is 2.10 bits per heavy atom. The van der Waals surface area contributed by atoms with Crippen molar-refractivity contribution in [3.8, 4) is 0 Å². The number of hydrogen-bond acceptors (Lipinski definition) is 4. The van der Waals surface area contributed by atoms with Crippen molar-refractivity contribution in [1.82, 2.24) is 4.31 Å². The normalized spacial score (nSPS) is 11.9. The molecule has 1 heterocycles. The molecule has 0 saturated heterocycles. The summed E-state index contributed by atoms with van der Waals surface area (Å²) >= 11 is 7.54. The first-order valence-corrected chi connectivity index (χ1v) is 8.72. The molecule has 0 aliphatic rings. The minimum Gasteiger partial charge on any atom is -0.399 e. The van der Waals surface area contributed by atoms with Gasteiger partial charge in [-0.2, -0.15) is 4.31 Å². The van der Waals surface area contributed by atoms with Crippen molar-refractivity contribution in [2.45, 2.75) is 18.4 Å². The van der Waals surface area contributed by atoms with Crippen molar-refractivity contribution in [1.29, 1.82) is 0 Å². The first kappa shape index (κ1) is 15.3. The number of nitrogens with two attached hydrogens (primary N) is 1. The molecule has 108 valence electrons. The molecule has 2 aromatic rings. The molecule has 4 nitrogen and oxygen atoms in total. The van der Waals surface area contributed by atoms with Crippen LogP contribution in [0.4, 0.5) is 5.69 Å². The summed E-state index contributed by atoms with van der Waals surface area (Å²) in [5, 5.41) is 2.07. The zero-order valence-corrected chi connectivity index (χ0v) is 13.3. The quantitative estimate of drug-likeness (QED) is 0.856. The standard InChI is InChI=1S/C13H15ClN2O2S2/c1-2-16(9-11-4-3-7-19-11)20(17,18)13-6-5-10(15)8-12(13)14/h3-8H,2,9,15H2,1H3. The van der Waals surface area contributed by atoms with Crippen LogP contribution in [-0.2, 0) is 16.6 Å². The second-order valence-electron chi connectivity index (χ2n) is 4.20. The second-order valence-corrected chi connectivity index (χ2v) is 7.55. The molecule has 0 aliphatic heterocycles. The largest absolute Gasteiger partial charge is 0.399 e. The Kier molecular flexibility index (Phi) is 4.70. The molecule has 0 radical (unpaired) electrons. The van der Waals surface area contributed by atoms with Crippen LogP contribution in [0.1, 0.15) is 11.8 Å². The summed E-state index contributed by atoms with van der Waals surface area (Å²) in [7, 11) is -3.62. The van der Waals surface area contributed by atoms with Crippen molar-refractivity contribution in [3.63, 3.8) is 0 Å². The number of sulfonamides is 1. The second kappa shape index (κ2) is 6.13. The fraction of sp³-hybridized carbons (Fsp3) is 0.231. The molecule has 1 aromatic carbocycles. The van der Waals surface area contributed by atoms with Crippen molar-refractivity contribution in [3.05, 3.63) is 45.6 Å². The summed E-state index contributed by atoms with van der Waals surface area (Å²) in [6, 6.07) is 8.25. The van der Waals surface area contributed by atoms with Crippen LogP contribution in [0.3, 0.4) is 0 Å². The minimum atomic E-state index is -3.62. The predicted octanol–water partition coefficient (Wildman–Crippen LogP) is 3.19. The fourth-order valence-corrected chi connectivity index (χ4v) is 4.56. The molecule has 0 amide bonds. The van der Waals surface area contributed by atoms with Gasteiger partial charge in [-0.1, -0.05) is 24.6 Å². The first-order chi connectivity index (χ1) is 9.45. The van der Waals surface area contributed by atoms with Gasteiger partial charge in [0.25, 0.3) is 0 Å². The van der Waals surface area contributed by atoms with E-state index in [1.54, 1.807) is 6.92 Å². The van der Waals surface area contributed by atoms with Gasteiger partial charge in [-0.25, -0.2) is 8.42 Å². The highest BCUT2D eigenvalue weighted by atomic mass is 35.5. The Balaban J connectivity index is 2.36. The van der Waals surface area contributed by atoms with E-state index >= 15 is 0 Å². The summed E-state index contributed by atoms with van der Waals surface area (Å²) in [4.78, 5) is 1.08. The van der Waals surface area contributed by atoms with Gasteiger partial charge in [-0.15, -0.1) is 11.3 Å². The highest BCUT2D eigenvalue weighted by molar-refractivity contribution is 7.89. The highest BCUT2D eigenvalue weighted by Gasteiger charge is 2.25. The Hall–Kier alpha value is -1.08. The van der Waals surface area contributed by atoms with Gasteiger partial charge in [0, 0.05) is 23.7 Å². The lowest BCUT2D eigenvalue weighted by Crippen LogP contribution is -2.30. The third-order valence-electron chi connectivity index (χ3n) is 2.84. The van der Waals surface area contributed by atoms with E-state index < -0.39 is 10.0 Å². The van der Waals surface area contributed by atoms with Gasteiger partial charge in [0.15, 0.2) is 0 Å². The van der Waals surface area contributed by atoms with Crippen LogP contribution in [-0.4, -0.2) is 19.3 Å². The topological polar surface area (TPSA) is 63.4 Å². The number of thiophene rings is 1. The van der Waals surface area contributed by atoms with Crippen LogP contribution in [0.15, 0.2) is 40.6 Å². The van der Waals surface area contributed by atoms with Crippen LogP contribution in [0.25, 0.3) is 0 Å². The Bertz CT molecular complexity index is 684. The molecule has 0 spiro atoms. The molecule has 0 bridgehead atoms. The molecule has 2 N–H and O–H groups in total. The average molecular weight is 331 g/mol. The first-order valence-electron chi connectivity index (χ1n) is 6.02. The zero-order chi connectivity index (χ0) is 14.8. The van der Waals surface area contributed by atoms with E-state index in [0.717, 1.165) is 4.88 Å². The summed E-state index contributed by atoms with van der Waals surface area (Å²) in [6.07, 6.45) is 0. The number of rotatable bonds is 5. The average Bonchev–Trinajstić information content (AvgIpc) is 2.88. The SMILES string of the molecule is CCN(Cc1cccs1)S(=O)(=O)c1ccc(N)cc1Cl. The van der Waals surface area contributed by atoms with E-state index in [1.807, 2.05) is 17.5 Å². The molecule has 1 aromatic heterocycles. The van der Waals surface area contributed by atoms with Gasteiger partial charge >= 0.3 is 0 Å². The van der Waals surface area contributed by atoms with E-state index in [-0.39, 0.29) is 9.92 Å². The molecule has 0 fully saturated rings. The van der Waals surface area contributed by atoms with E-state index in [2.05, 4.69) is 0 Å². The maximum absolute atomic E-state index is 12.6. The monoisotopic (exact) mass is 330 g/mol. The Morgan fingerprint density at radius 3 is 2.65 bits per heavy atom. The van der Waals surface area contributed by atoms with E-state index in [9.17, 15) is 8.42 Å². The van der Waals surface area contributed by atoms with Crippen molar-refractivity contribution < 1.29 is 8.42 Å². The summed E-state index contributed by atoms with van der Waals surface area (Å²) in [5.41, 5.74) is 6.04. The molecule has 0 saturated carbocycles. The lowest BCUT2D eigenvalue weighted by Gasteiger charge is -2.20. The maximum atomic E-state index is 12.6. The van der Waals surface area contributed by atoms with Gasteiger partial charge < -0.3 is 5.73 Å². The molecule has 2 rings (SSSR count). The number of benzene rings is 1. The lowest BCUT2D eigenvalue weighted by atomic mass is 10.3. The van der Waals surface area contributed by atoms with Crippen LogP contribution in [0.5, 0.6) is 0 Å². The number of nitrogens with zero attached hydrogens (tertiary/aromatic N) is 1. The van der Waals surface area contributed by atoms with E-state index in [0.29, 0.717) is 18.8 Å². The molecule has 0 atom stereocenters. The third-order valence-corrected chi connectivity index (χ3v) is 6.10. The van der Waals surface area contributed by atoms with Crippen LogP contribution in [0, 0.1) is 0 Å². The molecular weight excluding hydrogens is 316 g/mol. The summed E-state index contributed by atoms with van der Waals surface area (Å²) in [5.74, 6) is 0. The molecule has 0 aliphatic carbocycles. The highest BCUT2D eigenvalue weighted by Crippen LogP contribution is 2.27. The molecule has 0 unspecified atom stereocenters. The number of hydrogen-bond donors (Lipinski definition) is 1. The van der Waals surface area contributed by atoms with E-state index in [1.165, 1.54) is 33.8 Å². The van der Waals surface area contributed by atoms with Gasteiger partial charge in [0.2, 0.25) is 10.0 Å². The zero-order valence-electron chi connectivity index (χ0n) is 10.9. The minimum absolute atomic E-state index is 0.0896. The van der Waals surface area contributed by atoms with Crippen molar-refractivity contribution in [2.24, 2.45) is 0 Å². The van der Waals surface area contributed by atoms with Gasteiger partial charge in [0.1, 0.15) is 4.90 Å². The number of nitrogen functional groups attached to an aromatic ring is 1. The maximum Gasteiger partial charge on any atom is 0.244 e. The van der Waals surface area contributed by atoms with Crippen molar-refractivity contribution in [2.75, 3.05) is 12.3 Å². The fourth-order valence-electron chi connectivity index (χ4n) is 1.81. The van der Waals surface area contributed by atoms with Crippen molar-refractivity contribution >= 4 is 38.6 Å². The van der Waals surface area contributed by atoms with Crippen LogP contribution < -0.4 is 5.73 Å². The van der Waals surface area contributed by atoms with Gasteiger partial charge in [0.05, 0.1) is 5.02 Å².